The van der Waals surface area contributed by atoms with Gasteiger partial charge in [0, 0.05) is 17.2 Å². The number of rotatable bonds is 5. The summed E-state index contributed by atoms with van der Waals surface area (Å²) >= 11 is 0. The maximum absolute atomic E-state index is 10.5. The maximum Gasteiger partial charge on any atom is 0.244 e. The molecule has 2 aromatic carbocycles. The van der Waals surface area contributed by atoms with Crippen molar-refractivity contribution in [3.05, 3.63) is 59.7 Å². The van der Waals surface area contributed by atoms with Crippen molar-refractivity contribution in [3.8, 4) is 29.7 Å². The second-order valence-corrected chi connectivity index (χ2v) is 7.98. The van der Waals surface area contributed by atoms with Crippen LogP contribution in [0.1, 0.15) is 30.6 Å². The number of nitrogens with zero attached hydrogens (tertiary/aromatic N) is 3. The third-order valence-corrected chi connectivity index (χ3v) is 6.74. The van der Waals surface area contributed by atoms with Crippen molar-refractivity contribution in [2.24, 2.45) is 16.7 Å². The summed E-state index contributed by atoms with van der Waals surface area (Å²) in [7, 11) is 2.97. The monoisotopic (exact) mass is 442 g/mol. The second kappa shape index (κ2) is 7.81. The zero-order chi connectivity index (χ0) is 23.9. The van der Waals surface area contributed by atoms with Gasteiger partial charge in [0.2, 0.25) is 17.1 Å². The quantitative estimate of drug-likeness (QED) is 0.733. The van der Waals surface area contributed by atoms with Crippen LogP contribution in [0.4, 0.5) is 0 Å². The molecule has 33 heavy (non-hydrogen) atoms. The minimum atomic E-state index is -2.07. The van der Waals surface area contributed by atoms with E-state index in [1.54, 1.807) is 42.5 Å². The molecule has 2 bridgehead atoms. The molecule has 4 unspecified atom stereocenters. The zero-order valence-corrected chi connectivity index (χ0v) is 18.5. The lowest BCUT2D eigenvalue weighted by molar-refractivity contribution is -0.293. The number of hydrogen-bond acceptors (Lipinski definition) is 8. The third-order valence-electron chi connectivity index (χ3n) is 6.74. The molecular formula is C25H22N4O4. The highest BCUT2D eigenvalue weighted by atomic mass is 16.7. The van der Waals surface area contributed by atoms with Crippen LogP contribution in [0.2, 0.25) is 0 Å². The van der Waals surface area contributed by atoms with Crippen molar-refractivity contribution in [1.29, 1.82) is 21.2 Å². The van der Waals surface area contributed by atoms with Crippen molar-refractivity contribution >= 4 is 5.90 Å². The van der Waals surface area contributed by atoms with Crippen molar-refractivity contribution < 1.29 is 18.9 Å². The minimum absolute atomic E-state index is 0.325. The molecule has 2 saturated heterocycles. The number of nitriles is 3. The molecule has 2 heterocycles. The number of fused-ring (bicyclic) bond motifs is 2. The molecule has 4 rings (SSSR count). The van der Waals surface area contributed by atoms with Crippen LogP contribution in [0.5, 0.6) is 11.5 Å². The van der Waals surface area contributed by atoms with Gasteiger partial charge < -0.3 is 18.9 Å². The normalized spacial score (nSPS) is 29.2. The van der Waals surface area contributed by atoms with Gasteiger partial charge in [0.25, 0.3) is 0 Å². The summed E-state index contributed by atoms with van der Waals surface area (Å²) < 4.78 is 23.4. The van der Waals surface area contributed by atoms with Gasteiger partial charge in [-0.3, -0.25) is 5.41 Å². The smallest absolute Gasteiger partial charge is 0.244 e. The van der Waals surface area contributed by atoms with Crippen LogP contribution in [0, 0.1) is 56.2 Å². The first-order valence-corrected chi connectivity index (χ1v) is 10.4. The van der Waals surface area contributed by atoms with Crippen LogP contribution in [0.15, 0.2) is 48.5 Å². The van der Waals surface area contributed by atoms with Gasteiger partial charge in [-0.1, -0.05) is 37.3 Å². The average Bonchev–Trinajstić information content (AvgIpc) is 3.07. The summed E-state index contributed by atoms with van der Waals surface area (Å²) in [4.78, 5) is 0. The van der Waals surface area contributed by atoms with E-state index < -0.39 is 34.5 Å². The van der Waals surface area contributed by atoms with E-state index in [2.05, 4.69) is 18.2 Å². The highest BCUT2D eigenvalue weighted by Crippen LogP contribution is 2.70. The standard InChI is InChI=1S/C25H22N4O4/c1-4-20-24(15-28)22(29)33-25(20,16-8-6-5-7-9-16)32-21(23(24,13-26)14-27)18-11-10-17(30-2)12-19(18)31-3/h5-12,20-21,29H,4H2,1-3H3. The molecule has 1 N–H and O–H groups in total. The Hall–Kier alpha value is -4.06. The highest BCUT2D eigenvalue weighted by Gasteiger charge is 2.80. The molecule has 0 saturated carbocycles. The maximum atomic E-state index is 10.5. The van der Waals surface area contributed by atoms with E-state index in [4.69, 9.17) is 24.4 Å². The largest absolute Gasteiger partial charge is 0.497 e. The van der Waals surface area contributed by atoms with Gasteiger partial charge in [-0.15, -0.1) is 0 Å². The van der Waals surface area contributed by atoms with Crippen LogP contribution in [-0.4, -0.2) is 20.1 Å². The Morgan fingerprint density at radius 1 is 1.00 bits per heavy atom. The molecule has 0 spiro atoms. The second-order valence-electron chi connectivity index (χ2n) is 7.98. The first kappa shape index (κ1) is 22.1. The third kappa shape index (κ3) is 2.61. The van der Waals surface area contributed by atoms with Gasteiger partial charge in [0.05, 0.1) is 38.3 Å². The van der Waals surface area contributed by atoms with E-state index in [9.17, 15) is 15.8 Å². The van der Waals surface area contributed by atoms with Gasteiger partial charge in [0.1, 0.15) is 17.6 Å². The first-order valence-electron chi connectivity index (χ1n) is 10.4. The number of nitrogens with one attached hydrogen (secondary N) is 1. The van der Waals surface area contributed by atoms with E-state index in [1.165, 1.54) is 14.2 Å². The summed E-state index contributed by atoms with van der Waals surface area (Å²) in [5.74, 6) is -1.91. The van der Waals surface area contributed by atoms with Crippen molar-refractivity contribution in [2.45, 2.75) is 25.2 Å². The summed E-state index contributed by atoms with van der Waals surface area (Å²) in [6, 6.07) is 20.2. The Morgan fingerprint density at radius 3 is 2.24 bits per heavy atom. The molecule has 2 aliphatic rings. The Kier molecular flexibility index (Phi) is 5.24. The van der Waals surface area contributed by atoms with E-state index in [0.29, 0.717) is 29.0 Å². The minimum Gasteiger partial charge on any atom is -0.497 e. The number of benzene rings is 2. The van der Waals surface area contributed by atoms with Crippen LogP contribution in [-0.2, 0) is 15.3 Å². The van der Waals surface area contributed by atoms with E-state index in [0.717, 1.165) is 0 Å². The number of methoxy groups -OCH3 is 2. The van der Waals surface area contributed by atoms with E-state index in [-0.39, 0.29) is 0 Å². The molecule has 2 fully saturated rings. The van der Waals surface area contributed by atoms with E-state index >= 15 is 0 Å². The molecule has 2 aliphatic heterocycles. The van der Waals surface area contributed by atoms with Crippen molar-refractivity contribution in [3.63, 3.8) is 0 Å². The van der Waals surface area contributed by atoms with Gasteiger partial charge in [-0.25, -0.2) is 0 Å². The van der Waals surface area contributed by atoms with Crippen molar-refractivity contribution in [1.82, 2.24) is 0 Å². The van der Waals surface area contributed by atoms with Crippen molar-refractivity contribution in [2.75, 3.05) is 14.2 Å². The van der Waals surface area contributed by atoms with Gasteiger partial charge in [-0.2, -0.15) is 15.8 Å². The van der Waals surface area contributed by atoms with Gasteiger partial charge >= 0.3 is 0 Å². The molecule has 4 atom stereocenters. The Labute approximate surface area is 192 Å². The molecule has 0 aromatic heterocycles. The van der Waals surface area contributed by atoms with Crippen LogP contribution in [0.25, 0.3) is 0 Å². The predicted molar refractivity (Wildman–Crippen MR) is 116 cm³/mol. The molecule has 0 aliphatic carbocycles. The summed E-state index contributed by atoms with van der Waals surface area (Å²) in [6.07, 6.45) is -0.915. The Morgan fingerprint density at radius 2 is 1.70 bits per heavy atom. The topological polar surface area (TPSA) is 132 Å². The SMILES string of the molecule is CCC1C2(c3ccccc3)OC(=N)C1(C#N)C(C#N)(C#N)C(c1ccc(OC)cc1OC)O2. The average molecular weight is 442 g/mol. The highest BCUT2D eigenvalue weighted by molar-refractivity contribution is 5.89. The summed E-state index contributed by atoms with van der Waals surface area (Å²) in [6.45, 7) is 1.83. The summed E-state index contributed by atoms with van der Waals surface area (Å²) in [5, 5.41) is 40.1. The van der Waals surface area contributed by atoms with Crippen LogP contribution >= 0.6 is 0 Å². The number of hydrogen-bond donors (Lipinski definition) is 1. The Balaban J connectivity index is 2.08. The van der Waals surface area contributed by atoms with E-state index in [1.807, 2.05) is 13.0 Å². The Bertz CT molecular complexity index is 1210. The first-order chi connectivity index (χ1) is 15.9. The van der Waals surface area contributed by atoms with Crippen LogP contribution in [0.3, 0.4) is 0 Å². The molecule has 8 heteroatoms. The fourth-order valence-electron chi connectivity index (χ4n) is 5.22. The molecule has 166 valence electrons. The molecule has 2 aromatic rings. The lowest BCUT2D eigenvalue weighted by Crippen LogP contribution is -2.58. The fourth-order valence-corrected chi connectivity index (χ4v) is 5.22. The summed E-state index contributed by atoms with van der Waals surface area (Å²) in [5.41, 5.74) is -2.96. The molecule has 0 amide bonds. The molecule has 8 nitrogen and oxygen atoms in total. The lowest BCUT2D eigenvalue weighted by atomic mass is 9.52. The fraction of sp³-hybridized carbons (Fsp3) is 0.360. The number of ether oxygens (including phenoxy) is 4. The predicted octanol–water partition coefficient (Wildman–Crippen LogP) is 4.21. The zero-order valence-electron chi connectivity index (χ0n) is 18.5. The van der Waals surface area contributed by atoms with Gasteiger partial charge in [-0.05, 0) is 18.6 Å². The molecule has 0 radical (unpaired) electrons. The van der Waals surface area contributed by atoms with Crippen LogP contribution < -0.4 is 9.47 Å². The van der Waals surface area contributed by atoms with Gasteiger partial charge in [0.15, 0.2) is 5.41 Å². The molecular weight excluding hydrogens is 420 g/mol. The lowest BCUT2D eigenvalue weighted by Gasteiger charge is -2.49.